The molecule has 0 atom stereocenters. The third-order valence-corrected chi connectivity index (χ3v) is 6.16. The van der Waals surface area contributed by atoms with Crippen molar-refractivity contribution in [3.05, 3.63) is 84.3 Å². The van der Waals surface area contributed by atoms with Gasteiger partial charge >= 0.3 is 0 Å². The topological polar surface area (TPSA) is 83.6 Å². The molecule has 4 aromatic rings. The number of amides is 1. The highest BCUT2D eigenvalue weighted by molar-refractivity contribution is 6.03. The Bertz CT molecular complexity index is 1290. The molecule has 1 amide bonds. The predicted octanol–water partition coefficient (Wildman–Crippen LogP) is 5.54. The number of benzene rings is 1. The molecule has 158 valence electrons. The molecule has 0 saturated heterocycles. The van der Waals surface area contributed by atoms with Crippen LogP contribution in [0.2, 0.25) is 0 Å². The van der Waals surface area contributed by atoms with E-state index >= 15 is 0 Å². The van der Waals surface area contributed by atoms with Crippen LogP contribution < -0.4 is 5.32 Å². The van der Waals surface area contributed by atoms with Gasteiger partial charge < -0.3 is 10.3 Å². The lowest BCUT2D eigenvalue weighted by Gasteiger charge is -2.09. The zero-order chi connectivity index (χ0) is 21.5. The second kappa shape index (κ2) is 7.71. The maximum atomic E-state index is 12.9. The summed E-state index contributed by atoms with van der Waals surface area (Å²) in [6.07, 6.45) is 10.2. The number of nitrogens with one attached hydrogen (secondary N) is 2. The van der Waals surface area contributed by atoms with Crippen molar-refractivity contribution in [2.75, 3.05) is 5.32 Å². The first kappa shape index (κ1) is 18.9. The maximum Gasteiger partial charge on any atom is 0.274 e. The highest BCUT2D eigenvalue weighted by Gasteiger charge is 2.28. The van der Waals surface area contributed by atoms with Gasteiger partial charge in [0, 0.05) is 52.4 Å². The molecule has 0 bridgehead atoms. The summed E-state index contributed by atoms with van der Waals surface area (Å²) < 4.78 is 0. The lowest BCUT2D eigenvalue weighted by atomic mass is 10.1. The number of carbonyl (C=O) groups is 1. The Morgan fingerprint density at radius 1 is 0.875 bits per heavy atom. The molecule has 32 heavy (non-hydrogen) atoms. The molecule has 0 spiro atoms. The van der Waals surface area contributed by atoms with Gasteiger partial charge in [-0.15, -0.1) is 0 Å². The summed E-state index contributed by atoms with van der Waals surface area (Å²) in [6.45, 7) is 0. The third kappa shape index (κ3) is 3.80. The van der Waals surface area contributed by atoms with Crippen LogP contribution in [0.25, 0.3) is 22.4 Å². The molecular formula is C26H23N5O. The molecule has 0 radical (unpaired) electrons. The Labute approximate surface area is 186 Å². The molecular weight excluding hydrogens is 398 g/mol. The zero-order valence-electron chi connectivity index (χ0n) is 17.6. The van der Waals surface area contributed by atoms with Gasteiger partial charge in [-0.3, -0.25) is 14.8 Å². The van der Waals surface area contributed by atoms with Gasteiger partial charge in [0.25, 0.3) is 5.91 Å². The van der Waals surface area contributed by atoms with Crippen molar-refractivity contribution in [1.82, 2.24) is 19.9 Å². The smallest absolute Gasteiger partial charge is 0.274 e. The molecule has 6 nitrogen and oxygen atoms in total. The molecule has 0 unspecified atom stereocenters. The van der Waals surface area contributed by atoms with Crippen molar-refractivity contribution in [1.29, 1.82) is 0 Å². The molecule has 0 aliphatic heterocycles. The fraction of sp³-hybridized carbons (Fsp3) is 0.231. The number of carbonyl (C=O) groups excluding carboxylic acids is 1. The van der Waals surface area contributed by atoms with Crippen LogP contribution in [0.5, 0.6) is 0 Å². The summed E-state index contributed by atoms with van der Waals surface area (Å²) in [6, 6.07) is 15.7. The van der Waals surface area contributed by atoms with E-state index in [1.807, 2.05) is 42.6 Å². The molecule has 6 rings (SSSR count). The summed E-state index contributed by atoms with van der Waals surface area (Å²) in [5.41, 5.74) is 7.31. The molecule has 2 fully saturated rings. The van der Waals surface area contributed by atoms with Crippen LogP contribution in [0.4, 0.5) is 5.69 Å². The first-order chi connectivity index (χ1) is 15.7. The van der Waals surface area contributed by atoms with Crippen LogP contribution in [0.15, 0.2) is 67.3 Å². The monoisotopic (exact) mass is 421 g/mol. The molecule has 6 heteroatoms. The fourth-order valence-corrected chi connectivity index (χ4v) is 4.09. The van der Waals surface area contributed by atoms with Gasteiger partial charge in [0.05, 0.1) is 12.0 Å². The Morgan fingerprint density at radius 2 is 1.75 bits per heavy atom. The number of nitrogens with zero attached hydrogens (tertiary/aromatic N) is 3. The lowest BCUT2D eigenvalue weighted by molar-refractivity contribution is 0.102. The highest BCUT2D eigenvalue weighted by Crippen LogP contribution is 2.43. The average molecular weight is 422 g/mol. The summed E-state index contributed by atoms with van der Waals surface area (Å²) in [7, 11) is 0. The van der Waals surface area contributed by atoms with E-state index in [2.05, 4.69) is 37.4 Å². The first-order valence-corrected chi connectivity index (χ1v) is 11.1. The van der Waals surface area contributed by atoms with Gasteiger partial charge in [0.15, 0.2) is 0 Å². The van der Waals surface area contributed by atoms with Crippen LogP contribution in [-0.2, 0) is 0 Å². The van der Waals surface area contributed by atoms with Crippen LogP contribution in [0, 0.1) is 0 Å². The standard InChI is InChI=1S/C26H23N5O/c32-26(23-13-18(10-11-27-23)20-8-9-22(28-14-20)16-4-5-16)31-21-3-1-2-19(12-21)25-24(17-6-7-17)29-15-30-25/h1-3,8-17H,4-7H2,(H,29,30)(H,31,32). The van der Waals surface area contributed by atoms with Crippen molar-refractivity contribution in [3.8, 4) is 22.4 Å². The Hall–Kier alpha value is -3.80. The number of imidazole rings is 1. The van der Waals surface area contributed by atoms with E-state index in [4.69, 9.17) is 0 Å². The largest absolute Gasteiger partial charge is 0.348 e. The van der Waals surface area contributed by atoms with Gasteiger partial charge in [0.1, 0.15) is 5.69 Å². The van der Waals surface area contributed by atoms with E-state index in [0.29, 0.717) is 17.5 Å². The number of hydrogen-bond acceptors (Lipinski definition) is 4. The van der Waals surface area contributed by atoms with Gasteiger partial charge in [-0.05, 0) is 61.6 Å². The summed E-state index contributed by atoms with van der Waals surface area (Å²) in [4.78, 5) is 29.6. The molecule has 3 heterocycles. The van der Waals surface area contributed by atoms with Gasteiger partial charge in [0.2, 0.25) is 0 Å². The van der Waals surface area contributed by atoms with E-state index in [-0.39, 0.29) is 5.91 Å². The highest BCUT2D eigenvalue weighted by atomic mass is 16.1. The Balaban J connectivity index is 1.21. The lowest BCUT2D eigenvalue weighted by Crippen LogP contribution is -2.13. The van der Waals surface area contributed by atoms with Crippen LogP contribution >= 0.6 is 0 Å². The zero-order valence-corrected chi connectivity index (χ0v) is 17.6. The number of aromatic nitrogens is 4. The van der Waals surface area contributed by atoms with E-state index in [9.17, 15) is 4.79 Å². The second-order valence-electron chi connectivity index (χ2n) is 8.65. The van der Waals surface area contributed by atoms with Crippen molar-refractivity contribution >= 4 is 11.6 Å². The third-order valence-electron chi connectivity index (χ3n) is 6.16. The average Bonchev–Trinajstić information content (AvgIpc) is 3.78. The van der Waals surface area contributed by atoms with Crippen LogP contribution in [0.3, 0.4) is 0 Å². The molecule has 1 aromatic carbocycles. The second-order valence-corrected chi connectivity index (χ2v) is 8.65. The summed E-state index contributed by atoms with van der Waals surface area (Å²) in [5.74, 6) is 0.960. The molecule has 2 aliphatic carbocycles. The van der Waals surface area contributed by atoms with Crippen molar-refractivity contribution in [3.63, 3.8) is 0 Å². The number of anilines is 1. The molecule has 2 saturated carbocycles. The van der Waals surface area contributed by atoms with E-state index in [0.717, 1.165) is 33.8 Å². The number of H-pyrrole nitrogens is 1. The molecule has 3 aromatic heterocycles. The minimum atomic E-state index is -0.240. The fourth-order valence-electron chi connectivity index (χ4n) is 4.09. The minimum Gasteiger partial charge on any atom is -0.348 e. The van der Waals surface area contributed by atoms with Gasteiger partial charge in [-0.1, -0.05) is 18.2 Å². The normalized spacial score (nSPS) is 15.5. The summed E-state index contributed by atoms with van der Waals surface area (Å²) >= 11 is 0. The molecule has 2 aliphatic rings. The predicted molar refractivity (Wildman–Crippen MR) is 123 cm³/mol. The van der Waals surface area contributed by atoms with Crippen LogP contribution in [-0.4, -0.2) is 25.8 Å². The quantitative estimate of drug-likeness (QED) is 0.428. The van der Waals surface area contributed by atoms with Crippen LogP contribution in [0.1, 0.15) is 59.4 Å². The van der Waals surface area contributed by atoms with Crippen molar-refractivity contribution in [2.24, 2.45) is 0 Å². The number of hydrogen-bond donors (Lipinski definition) is 2. The number of rotatable bonds is 6. The van der Waals surface area contributed by atoms with Gasteiger partial charge in [-0.25, -0.2) is 4.98 Å². The Morgan fingerprint density at radius 3 is 2.53 bits per heavy atom. The van der Waals surface area contributed by atoms with Crippen molar-refractivity contribution < 1.29 is 4.79 Å². The Kier molecular flexibility index (Phi) is 4.56. The van der Waals surface area contributed by atoms with E-state index in [1.54, 1.807) is 12.5 Å². The van der Waals surface area contributed by atoms with Gasteiger partial charge in [-0.2, -0.15) is 0 Å². The number of pyridine rings is 2. The maximum absolute atomic E-state index is 12.9. The SMILES string of the molecule is O=C(Nc1cccc(-c2nc[nH]c2C2CC2)c1)c1cc(-c2ccc(C3CC3)nc2)ccn1. The first-order valence-electron chi connectivity index (χ1n) is 11.1. The van der Waals surface area contributed by atoms with Crippen molar-refractivity contribution in [2.45, 2.75) is 37.5 Å². The minimum absolute atomic E-state index is 0.240. The molecule has 2 N–H and O–H groups in total. The summed E-state index contributed by atoms with van der Waals surface area (Å²) in [5, 5.41) is 2.98. The number of aromatic amines is 1. The van der Waals surface area contributed by atoms with E-state index in [1.165, 1.54) is 31.4 Å². The van der Waals surface area contributed by atoms with E-state index < -0.39 is 0 Å².